The summed E-state index contributed by atoms with van der Waals surface area (Å²) in [5.41, 5.74) is 0.584. The molecule has 3 aromatic heterocycles. The third kappa shape index (κ3) is 5.35. The predicted molar refractivity (Wildman–Crippen MR) is 137 cm³/mol. The molecule has 0 saturated heterocycles. The smallest absolute Gasteiger partial charge is 0.303 e. The van der Waals surface area contributed by atoms with Crippen LogP contribution in [0.15, 0.2) is 52.6 Å². The molecule has 0 fully saturated rings. The highest BCUT2D eigenvalue weighted by atomic mass is 32.2. The molecule has 0 aliphatic rings. The first-order valence-corrected chi connectivity index (χ1v) is 13.3. The van der Waals surface area contributed by atoms with Gasteiger partial charge in [-0.1, -0.05) is 38.5 Å². The number of aromatic nitrogens is 4. The Bertz CT molecular complexity index is 1610. The highest BCUT2D eigenvalue weighted by molar-refractivity contribution is 7.91. The van der Waals surface area contributed by atoms with E-state index in [1.165, 1.54) is 18.3 Å². The lowest BCUT2D eigenvalue weighted by Crippen LogP contribution is -2.35. The molecule has 3 heterocycles. The summed E-state index contributed by atoms with van der Waals surface area (Å²) in [6.07, 6.45) is 3.19. The molecule has 0 radical (unpaired) electrons. The van der Waals surface area contributed by atoms with Gasteiger partial charge in [-0.3, -0.25) is 4.79 Å². The monoisotopic (exact) mass is 543 g/mol. The summed E-state index contributed by atoms with van der Waals surface area (Å²) in [5, 5.41) is 12.0. The molecule has 200 valence electrons. The number of halogens is 2. The SMILES string of the molecule is Cc1ccc(S(=O)(=O)c2c(F)cnc3[nH]cc(-c4ncc(F)c(NC(CCC(=O)O)C(C)(C)C)n4)c23)cc1. The molecular formula is C26H27F2N5O4S. The van der Waals surface area contributed by atoms with Gasteiger partial charge in [0.2, 0.25) is 9.84 Å². The fraction of sp³-hybridized carbons (Fsp3) is 0.308. The quantitative estimate of drug-likeness (QED) is 0.278. The number of fused-ring (bicyclic) bond motifs is 1. The van der Waals surface area contributed by atoms with Crippen molar-refractivity contribution in [2.24, 2.45) is 5.41 Å². The van der Waals surface area contributed by atoms with Crippen molar-refractivity contribution in [1.29, 1.82) is 0 Å². The van der Waals surface area contributed by atoms with Crippen LogP contribution in [-0.2, 0) is 14.6 Å². The molecule has 1 aromatic carbocycles. The molecule has 0 saturated carbocycles. The zero-order chi connectivity index (χ0) is 27.8. The number of aliphatic carboxylic acids is 1. The maximum atomic E-state index is 15.1. The van der Waals surface area contributed by atoms with Crippen molar-refractivity contribution in [3.8, 4) is 11.4 Å². The van der Waals surface area contributed by atoms with Gasteiger partial charge in [0.05, 0.1) is 22.7 Å². The van der Waals surface area contributed by atoms with Crippen LogP contribution in [0.2, 0.25) is 0 Å². The molecule has 1 atom stereocenters. The van der Waals surface area contributed by atoms with Crippen LogP contribution in [0, 0.1) is 24.0 Å². The largest absolute Gasteiger partial charge is 0.481 e. The van der Waals surface area contributed by atoms with E-state index in [9.17, 15) is 17.6 Å². The average molecular weight is 544 g/mol. The molecule has 0 aliphatic heterocycles. The zero-order valence-corrected chi connectivity index (χ0v) is 22.0. The van der Waals surface area contributed by atoms with E-state index < -0.39 is 43.8 Å². The Morgan fingerprint density at radius 1 is 1.11 bits per heavy atom. The Morgan fingerprint density at radius 3 is 2.39 bits per heavy atom. The minimum atomic E-state index is -4.32. The van der Waals surface area contributed by atoms with Crippen molar-refractivity contribution >= 4 is 32.7 Å². The molecule has 4 aromatic rings. The lowest BCUT2D eigenvalue weighted by Gasteiger charge is -2.31. The number of nitrogens with zero attached hydrogens (tertiary/aromatic N) is 3. The zero-order valence-electron chi connectivity index (χ0n) is 21.2. The average Bonchev–Trinajstić information content (AvgIpc) is 3.25. The minimum absolute atomic E-state index is 0.0682. The minimum Gasteiger partial charge on any atom is -0.481 e. The van der Waals surface area contributed by atoms with E-state index in [2.05, 4.69) is 25.3 Å². The van der Waals surface area contributed by atoms with Crippen molar-refractivity contribution in [2.75, 3.05) is 5.32 Å². The first-order chi connectivity index (χ1) is 17.8. The van der Waals surface area contributed by atoms with Gasteiger partial charge >= 0.3 is 5.97 Å². The summed E-state index contributed by atoms with van der Waals surface area (Å²) in [6.45, 7) is 7.43. The standard InChI is InChI=1S/C26H27F2N5O4S/c1-14-5-7-15(8-6-14)38(36,37)22-17(27)12-31-25-21(22)16(11-29-25)23-30-13-18(28)24(33-23)32-19(26(2,3)4)9-10-20(34)35/h5-8,11-13,19H,9-10H2,1-4H3,(H,29,31)(H,34,35)(H,30,32,33). The van der Waals surface area contributed by atoms with E-state index in [-0.39, 0.29) is 46.0 Å². The fourth-order valence-electron chi connectivity index (χ4n) is 4.07. The Morgan fingerprint density at radius 2 is 1.76 bits per heavy atom. The van der Waals surface area contributed by atoms with Gasteiger partial charge in [-0.2, -0.15) is 0 Å². The number of sulfone groups is 1. The summed E-state index contributed by atoms with van der Waals surface area (Å²) < 4.78 is 57.0. The third-order valence-electron chi connectivity index (χ3n) is 6.20. The van der Waals surface area contributed by atoms with Crippen LogP contribution >= 0.6 is 0 Å². The number of benzene rings is 1. The fourth-order valence-corrected chi connectivity index (χ4v) is 5.59. The lowest BCUT2D eigenvalue weighted by atomic mass is 9.84. The molecule has 0 aliphatic carbocycles. The molecule has 38 heavy (non-hydrogen) atoms. The number of nitrogens with one attached hydrogen (secondary N) is 2. The van der Waals surface area contributed by atoms with E-state index >= 15 is 4.39 Å². The summed E-state index contributed by atoms with van der Waals surface area (Å²) in [5.74, 6) is -3.09. The summed E-state index contributed by atoms with van der Waals surface area (Å²) in [4.78, 5) is 25.5. The van der Waals surface area contributed by atoms with Crippen molar-refractivity contribution in [3.05, 3.63) is 60.1 Å². The molecular weight excluding hydrogens is 516 g/mol. The van der Waals surface area contributed by atoms with Gasteiger partial charge in [0.25, 0.3) is 0 Å². The Balaban J connectivity index is 1.84. The van der Waals surface area contributed by atoms with Crippen molar-refractivity contribution in [1.82, 2.24) is 19.9 Å². The Labute approximate surface area is 218 Å². The van der Waals surface area contributed by atoms with Gasteiger partial charge in [0, 0.05) is 24.2 Å². The molecule has 0 amide bonds. The summed E-state index contributed by atoms with van der Waals surface area (Å²) in [7, 11) is -4.32. The van der Waals surface area contributed by atoms with Gasteiger partial charge in [-0.25, -0.2) is 32.2 Å². The number of carboxylic acid groups (broad SMARTS) is 1. The molecule has 3 N–H and O–H groups in total. The van der Waals surface area contributed by atoms with E-state index in [1.54, 1.807) is 19.1 Å². The summed E-state index contributed by atoms with van der Waals surface area (Å²) >= 11 is 0. The van der Waals surface area contributed by atoms with Crippen LogP contribution < -0.4 is 5.32 Å². The molecule has 0 spiro atoms. The van der Waals surface area contributed by atoms with Crippen molar-refractivity contribution < 1.29 is 27.1 Å². The number of pyridine rings is 1. The van der Waals surface area contributed by atoms with Crippen LogP contribution in [0.3, 0.4) is 0 Å². The van der Waals surface area contributed by atoms with E-state index in [0.29, 0.717) is 0 Å². The van der Waals surface area contributed by atoms with Gasteiger partial charge < -0.3 is 15.4 Å². The molecule has 9 nitrogen and oxygen atoms in total. The van der Waals surface area contributed by atoms with E-state index in [4.69, 9.17) is 5.11 Å². The second-order valence-corrected chi connectivity index (χ2v) is 11.9. The van der Waals surface area contributed by atoms with Crippen LogP contribution in [0.25, 0.3) is 22.4 Å². The van der Waals surface area contributed by atoms with Crippen LogP contribution in [-0.4, -0.2) is 45.5 Å². The van der Waals surface area contributed by atoms with Crippen LogP contribution in [0.1, 0.15) is 39.2 Å². The highest BCUT2D eigenvalue weighted by Gasteiger charge is 2.30. The second kappa shape index (κ2) is 10.1. The van der Waals surface area contributed by atoms with E-state index in [0.717, 1.165) is 18.0 Å². The number of hydrogen-bond donors (Lipinski definition) is 3. The maximum absolute atomic E-state index is 15.1. The predicted octanol–water partition coefficient (Wildman–Crippen LogP) is 5.13. The topological polar surface area (TPSA) is 138 Å². The number of rotatable bonds is 8. The number of H-pyrrole nitrogens is 1. The van der Waals surface area contributed by atoms with E-state index in [1.807, 2.05) is 20.8 Å². The van der Waals surface area contributed by atoms with Crippen molar-refractivity contribution in [2.45, 2.75) is 56.4 Å². The summed E-state index contributed by atoms with van der Waals surface area (Å²) in [6, 6.07) is 5.54. The molecule has 0 bridgehead atoms. The first-order valence-electron chi connectivity index (χ1n) is 11.8. The normalized spacial score (nSPS) is 13.0. The third-order valence-corrected chi connectivity index (χ3v) is 8.03. The molecule has 1 unspecified atom stereocenters. The Kier molecular flexibility index (Phi) is 7.20. The molecule has 12 heteroatoms. The number of carboxylic acids is 1. The maximum Gasteiger partial charge on any atom is 0.303 e. The van der Waals surface area contributed by atoms with Gasteiger partial charge in [0.1, 0.15) is 10.5 Å². The number of anilines is 1. The van der Waals surface area contributed by atoms with Gasteiger partial charge in [0.15, 0.2) is 23.3 Å². The number of aromatic amines is 1. The Hall–Kier alpha value is -3.93. The van der Waals surface area contributed by atoms with Crippen molar-refractivity contribution in [3.63, 3.8) is 0 Å². The van der Waals surface area contributed by atoms with Crippen LogP contribution in [0.4, 0.5) is 14.6 Å². The number of carbonyl (C=O) groups is 1. The number of aryl methyl sites for hydroxylation is 1. The van der Waals surface area contributed by atoms with Gasteiger partial charge in [-0.15, -0.1) is 0 Å². The lowest BCUT2D eigenvalue weighted by molar-refractivity contribution is -0.137. The number of hydrogen-bond acceptors (Lipinski definition) is 7. The highest BCUT2D eigenvalue weighted by Crippen LogP contribution is 2.36. The second-order valence-electron chi connectivity index (χ2n) is 10.1. The van der Waals surface area contributed by atoms with Gasteiger partial charge in [-0.05, 0) is 30.9 Å². The first kappa shape index (κ1) is 27.1. The molecule has 4 rings (SSSR count). The van der Waals surface area contributed by atoms with Crippen LogP contribution in [0.5, 0.6) is 0 Å².